The fourth-order valence-electron chi connectivity index (χ4n) is 1.62. The lowest BCUT2D eigenvalue weighted by Crippen LogP contribution is -2.39. The molecule has 18 heavy (non-hydrogen) atoms. The molecule has 1 amide bonds. The lowest BCUT2D eigenvalue weighted by Gasteiger charge is -2.29. The van der Waals surface area contributed by atoms with E-state index in [1.54, 1.807) is 20.8 Å². The second-order valence-electron chi connectivity index (χ2n) is 5.33. The number of carbonyl (C=O) groups excluding carboxylic acids is 1. The molecule has 0 N–H and O–H groups in total. The average Bonchev–Trinajstić information content (AvgIpc) is 2.13. The number of rotatable bonds is 1. The normalized spacial score (nSPS) is 17.4. The molecule has 6 heteroatoms. The van der Waals surface area contributed by atoms with Crippen molar-refractivity contribution in [3.05, 3.63) is 11.6 Å². The third-order valence-corrected chi connectivity index (χ3v) is 2.38. The lowest BCUT2D eigenvalue weighted by molar-refractivity contribution is -0.127. The summed E-state index contributed by atoms with van der Waals surface area (Å²) in [4.78, 5) is 13.1. The maximum atomic E-state index is 12.2. The van der Waals surface area contributed by atoms with Crippen LogP contribution >= 0.6 is 0 Å². The van der Waals surface area contributed by atoms with Crippen LogP contribution in [-0.2, 0) is 4.74 Å². The Balaban J connectivity index is 2.50. The first-order chi connectivity index (χ1) is 8.07. The van der Waals surface area contributed by atoms with Crippen molar-refractivity contribution in [2.75, 3.05) is 13.1 Å². The van der Waals surface area contributed by atoms with Crippen molar-refractivity contribution in [3.8, 4) is 0 Å². The molecule has 0 aliphatic carbocycles. The summed E-state index contributed by atoms with van der Waals surface area (Å²) in [6.07, 6.45) is -3.85. The smallest absolute Gasteiger partial charge is 0.410 e. The number of hydrogen-bond acceptors (Lipinski definition) is 2. The van der Waals surface area contributed by atoms with Gasteiger partial charge in [-0.1, -0.05) is 11.6 Å². The Morgan fingerprint density at radius 3 is 2.39 bits per heavy atom. The highest BCUT2D eigenvalue weighted by atomic mass is 19.4. The molecule has 0 unspecified atom stereocenters. The molecule has 0 saturated heterocycles. The van der Waals surface area contributed by atoms with E-state index in [4.69, 9.17) is 4.74 Å². The van der Waals surface area contributed by atoms with Gasteiger partial charge < -0.3 is 9.64 Å². The number of ether oxygens (including phenoxy) is 1. The Morgan fingerprint density at radius 1 is 1.39 bits per heavy atom. The van der Waals surface area contributed by atoms with Crippen LogP contribution in [0.2, 0.25) is 0 Å². The van der Waals surface area contributed by atoms with Gasteiger partial charge in [0.2, 0.25) is 0 Å². The van der Waals surface area contributed by atoms with Crippen LogP contribution in [-0.4, -0.2) is 35.9 Å². The minimum absolute atomic E-state index is 0.181. The Kier molecular flexibility index (Phi) is 4.29. The van der Waals surface area contributed by atoms with Gasteiger partial charge in [0.15, 0.2) is 0 Å². The van der Waals surface area contributed by atoms with Crippen molar-refractivity contribution in [3.63, 3.8) is 0 Å². The van der Waals surface area contributed by atoms with Crippen molar-refractivity contribution >= 4 is 6.09 Å². The summed E-state index contributed by atoms with van der Waals surface area (Å²) in [6, 6.07) is 0. The van der Waals surface area contributed by atoms with E-state index >= 15 is 0 Å². The molecule has 0 bridgehead atoms. The molecule has 1 aliphatic heterocycles. The number of amides is 1. The molecule has 1 rings (SSSR count). The first-order valence-corrected chi connectivity index (χ1v) is 5.79. The second-order valence-corrected chi connectivity index (χ2v) is 5.33. The van der Waals surface area contributed by atoms with Gasteiger partial charge in [-0.05, 0) is 27.2 Å². The highest BCUT2D eigenvalue weighted by molar-refractivity contribution is 5.68. The van der Waals surface area contributed by atoms with E-state index < -0.39 is 24.3 Å². The highest BCUT2D eigenvalue weighted by Crippen LogP contribution is 2.28. The second kappa shape index (κ2) is 5.20. The van der Waals surface area contributed by atoms with Crippen molar-refractivity contribution in [1.82, 2.24) is 4.90 Å². The van der Waals surface area contributed by atoms with Gasteiger partial charge in [-0.15, -0.1) is 0 Å². The number of halogens is 3. The maximum absolute atomic E-state index is 12.2. The Morgan fingerprint density at radius 2 is 2.00 bits per heavy atom. The molecular weight excluding hydrogens is 247 g/mol. The fraction of sp³-hybridized carbons (Fsp3) is 0.750. The minimum Gasteiger partial charge on any atom is -0.444 e. The standard InChI is InChI=1S/C12H18F3NO2/c1-11(2,3)18-10(17)16-6-4-9(5-7-16)8-12(13,14)15/h4H,5-8H2,1-3H3. The Labute approximate surface area is 105 Å². The minimum atomic E-state index is -4.18. The first-order valence-electron chi connectivity index (χ1n) is 5.79. The van der Waals surface area contributed by atoms with Gasteiger partial charge in [0.25, 0.3) is 0 Å². The van der Waals surface area contributed by atoms with Crippen molar-refractivity contribution in [1.29, 1.82) is 0 Å². The zero-order valence-corrected chi connectivity index (χ0v) is 10.8. The molecule has 0 aromatic rings. The first kappa shape index (κ1) is 14.9. The van der Waals surface area contributed by atoms with Gasteiger partial charge in [-0.3, -0.25) is 0 Å². The molecule has 3 nitrogen and oxygen atoms in total. The van der Waals surface area contributed by atoms with Crippen LogP contribution in [0, 0.1) is 0 Å². The van der Waals surface area contributed by atoms with Gasteiger partial charge >= 0.3 is 12.3 Å². The molecule has 0 aromatic heterocycles. The summed E-state index contributed by atoms with van der Waals surface area (Å²) in [7, 11) is 0. The van der Waals surface area contributed by atoms with E-state index in [-0.39, 0.29) is 19.5 Å². The number of carbonyl (C=O) groups is 1. The zero-order valence-electron chi connectivity index (χ0n) is 10.8. The topological polar surface area (TPSA) is 29.5 Å². The van der Waals surface area contributed by atoms with Crippen molar-refractivity contribution < 1.29 is 22.7 Å². The van der Waals surface area contributed by atoms with Gasteiger partial charge in [-0.2, -0.15) is 13.2 Å². The molecule has 1 aliphatic rings. The summed E-state index contributed by atoms with van der Waals surface area (Å²) >= 11 is 0. The number of hydrogen-bond donors (Lipinski definition) is 0. The Bertz CT molecular complexity index is 342. The van der Waals surface area contributed by atoms with E-state index in [0.29, 0.717) is 5.57 Å². The molecule has 0 spiro atoms. The van der Waals surface area contributed by atoms with E-state index in [9.17, 15) is 18.0 Å². The predicted molar refractivity (Wildman–Crippen MR) is 61.2 cm³/mol. The molecular formula is C12H18F3NO2. The summed E-state index contributed by atoms with van der Waals surface area (Å²) in [5, 5.41) is 0. The molecule has 0 aromatic carbocycles. The predicted octanol–water partition coefficient (Wildman–Crippen LogP) is 3.51. The van der Waals surface area contributed by atoms with Gasteiger partial charge in [0.1, 0.15) is 5.60 Å². The highest BCUT2D eigenvalue weighted by Gasteiger charge is 2.31. The average molecular weight is 265 g/mol. The maximum Gasteiger partial charge on any atom is 0.410 e. The monoisotopic (exact) mass is 265 g/mol. The SMILES string of the molecule is CC(C)(C)OC(=O)N1CC=C(CC(F)(F)F)CC1. The summed E-state index contributed by atoms with van der Waals surface area (Å²) in [5.74, 6) is 0. The van der Waals surface area contributed by atoms with E-state index in [0.717, 1.165) is 0 Å². The van der Waals surface area contributed by atoms with Crippen LogP contribution in [0.4, 0.5) is 18.0 Å². The number of nitrogens with zero attached hydrogens (tertiary/aromatic N) is 1. The lowest BCUT2D eigenvalue weighted by atomic mass is 10.1. The largest absolute Gasteiger partial charge is 0.444 e. The summed E-state index contributed by atoms with van der Waals surface area (Å²) < 4.78 is 41.7. The van der Waals surface area contributed by atoms with Crippen molar-refractivity contribution in [2.24, 2.45) is 0 Å². The molecule has 0 fully saturated rings. The van der Waals surface area contributed by atoms with E-state index in [1.807, 2.05) is 0 Å². The van der Waals surface area contributed by atoms with E-state index in [1.165, 1.54) is 11.0 Å². The fourth-order valence-corrected chi connectivity index (χ4v) is 1.62. The molecule has 1 heterocycles. The molecule has 0 saturated carbocycles. The van der Waals surface area contributed by atoms with E-state index in [2.05, 4.69) is 0 Å². The zero-order chi connectivity index (χ0) is 14.0. The van der Waals surface area contributed by atoms with Crippen LogP contribution in [0.5, 0.6) is 0 Å². The van der Waals surface area contributed by atoms with Gasteiger partial charge in [-0.25, -0.2) is 4.79 Å². The third-order valence-electron chi connectivity index (χ3n) is 2.38. The summed E-state index contributed by atoms with van der Waals surface area (Å²) in [5.41, 5.74) is -0.255. The molecule has 104 valence electrons. The number of alkyl halides is 3. The Hall–Kier alpha value is -1.20. The van der Waals surface area contributed by atoms with Crippen LogP contribution in [0.15, 0.2) is 11.6 Å². The molecule has 0 radical (unpaired) electrons. The third kappa shape index (κ3) is 5.42. The quantitative estimate of drug-likeness (QED) is 0.679. The summed E-state index contributed by atoms with van der Waals surface area (Å²) in [6.45, 7) is 5.70. The van der Waals surface area contributed by atoms with Crippen LogP contribution in [0.25, 0.3) is 0 Å². The van der Waals surface area contributed by atoms with Crippen LogP contribution in [0.1, 0.15) is 33.6 Å². The van der Waals surface area contributed by atoms with Crippen LogP contribution < -0.4 is 0 Å². The van der Waals surface area contributed by atoms with Gasteiger partial charge in [0.05, 0.1) is 6.42 Å². The van der Waals surface area contributed by atoms with Crippen molar-refractivity contribution in [2.45, 2.75) is 45.4 Å². The van der Waals surface area contributed by atoms with Gasteiger partial charge in [0, 0.05) is 13.1 Å². The molecule has 0 atom stereocenters. The van der Waals surface area contributed by atoms with Crippen LogP contribution in [0.3, 0.4) is 0 Å².